The van der Waals surface area contributed by atoms with Crippen LogP contribution in [-0.2, 0) is 5.54 Å². The monoisotopic (exact) mass is 169 g/mol. The lowest BCUT2D eigenvalue weighted by Gasteiger charge is -2.20. The van der Waals surface area contributed by atoms with Gasteiger partial charge in [0.15, 0.2) is 0 Å². The number of thiophene rings is 1. The van der Waals surface area contributed by atoms with E-state index in [1.807, 2.05) is 0 Å². The molecule has 0 aromatic carbocycles. The molecule has 0 saturated heterocycles. The van der Waals surface area contributed by atoms with E-state index in [0.29, 0.717) is 0 Å². The second kappa shape index (κ2) is 2.95. The molecular formula is C9H15NS. The minimum Gasteiger partial charge on any atom is -0.321 e. The van der Waals surface area contributed by atoms with Gasteiger partial charge in [-0.2, -0.15) is 0 Å². The lowest BCUT2D eigenvalue weighted by molar-refractivity contribution is 0.486. The van der Waals surface area contributed by atoms with Crippen molar-refractivity contribution in [2.24, 2.45) is 5.73 Å². The van der Waals surface area contributed by atoms with Gasteiger partial charge in [-0.05, 0) is 32.4 Å². The van der Waals surface area contributed by atoms with Crippen LogP contribution in [-0.4, -0.2) is 0 Å². The van der Waals surface area contributed by atoms with Gasteiger partial charge in [0.25, 0.3) is 0 Å². The van der Waals surface area contributed by atoms with Gasteiger partial charge in [-0.25, -0.2) is 0 Å². The summed E-state index contributed by atoms with van der Waals surface area (Å²) in [6.07, 6.45) is 0.993. The van der Waals surface area contributed by atoms with Crippen molar-refractivity contribution in [2.45, 2.75) is 32.7 Å². The maximum atomic E-state index is 6.06. The zero-order valence-electron chi connectivity index (χ0n) is 7.35. The van der Waals surface area contributed by atoms with Crippen molar-refractivity contribution < 1.29 is 0 Å². The van der Waals surface area contributed by atoms with Crippen LogP contribution in [0.5, 0.6) is 0 Å². The fraction of sp³-hybridized carbons (Fsp3) is 0.556. The molecule has 0 aliphatic carbocycles. The summed E-state index contributed by atoms with van der Waals surface area (Å²) < 4.78 is 0. The van der Waals surface area contributed by atoms with Gasteiger partial charge in [0.1, 0.15) is 0 Å². The highest BCUT2D eigenvalue weighted by atomic mass is 32.1. The topological polar surface area (TPSA) is 26.0 Å². The Hall–Kier alpha value is -0.340. The molecule has 0 aliphatic rings. The second-order valence-electron chi connectivity index (χ2n) is 3.18. The van der Waals surface area contributed by atoms with Gasteiger partial charge < -0.3 is 5.73 Å². The zero-order valence-corrected chi connectivity index (χ0v) is 8.16. The van der Waals surface area contributed by atoms with Crippen LogP contribution in [0.1, 0.15) is 30.0 Å². The lowest BCUT2D eigenvalue weighted by atomic mass is 9.99. The normalized spacial score (nSPS) is 16.4. The molecule has 0 radical (unpaired) electrons. The quantitative estimate of drug-likeness (QED) is 0.723. The molecule has 2 heteroatoms. The van der Waals surface area contributed by atoms with Crippen molar-refractivity contribution in [2.75, 3.05) is 0 Å². The van der Waals surface area contributed by atoms with Crippen LogP contribution in [0.25, 0.3) is 0 Å². The summed E-state index contributed by atoms with van der Waals surface area (Å²) in [4.78, 5) is 2.63. The zero-order chi connectivity index (χ0) is 8.48. The van der Waals surface area contributed by atoms with Crippen molar-refractivity contribution in [3.63, 3.8) is 0 Å². The van der Waals surface area contributed by atoms with Crippen LogP contribution < -0.4 is 5.73 Å². The summed E-state index contributed by atoms with van der Waals surface area (Å²) in [5.74, 6) is 0. The standard InChI is InChI=1S/C9H15NS/c1-4-9(3,10)8-6-5-7(2)11-8/h5-6H,4,10H2,1-3H3. The predicted octanol–water partition coefficient (Wildman–Crippen LogP) is 2.64. The number of rotatable bonds is 2. The highest BCUT2D eigenvalue weighted by Crippen LogP contribution is 2.27. The molecule has 62 valence electrons. The smallest absolute Gasteiger partial charge is 0.0472 e. The summed E-state index contributed by atoms with van der Waals surface area (Å²) in [5.41, 5.74) is 5.94. The Morgan fingerprint density at radius 2 is 2.18 bits per heavy atom. The Bertz CT molecular complexity index is 237. The summed E-state index contributed by atoms with van der Waals surface area (Å²) in [6.45, 7) is 6.31. The first kappa shape index (κ1) is 8.75. The lowest BCUT2D eigenvalue weighted by Crippen LogP contribution is -2.30. The fourth-order valence-corrected chi connectivity index (χ4v) is 1.91. The van der Waals surface area contributed by atoms with E-state index in [9.17, 15) is 0 Å². The van der Waals surface area contributed by atoms with E-state index in [1.165, 1.54) is 9.75 Å². The van der Waals surface area contributed by atoms with Crippen molar-refractivity contribution in [3.8, 4) is 0 Å². The molecule has 0 bridgehead atoms. The first-order valence-electron chi connectivity index (χ1n) is 3.92. The molecule has 1 aromatic heterocycles. The summed E-state index contributed by atoms with van der Waals surface area (Å²) in [6, 6.07) is 4.25. The first-order valence-corrected chi connectivity index (χ1v) is 4.73. The number of hydrogen-bond acceptors (Lipinski definition) is 2. The Morgan fingerprint density at radius 1 is 1.55 bits per heavy atom. The molecule has 1 rings (SSSR count). The molecule has 1 unspecified atom stereocenters. The minimum atomic E-state index is -0.126. The fourth-order valence-electron chi connectivity index (χ4n) is 0.916. The minimum absolute atomic E-state index is 0.126. The molecule has 1 aromatic rings. The number of hydrogen-bond donors (Lipinski definition) is 1. The van der Waals surface area contributed by atoms with E-state index in [2.05, 4.69) is 32.9 Å². The largest absolute Gasteiger partial charge is 0.321 e. The van der Waals surface area contributed by atoms with Crippen LogP contribution >= 0.6 is 11.3 Å². The third-order valence-electron chi connectivity index (χ3n) is 2.04. The Kier molecular flexibility index (Phi) is 2.35. The van der Waals surface area contributed by atoms with E-state index in [-0.39, 0.29) is 5.54 Å². The van der Waals surface area contributed by atoms with E-state index in [4.69, 9.17) is 5.73 Å². The summed E-state index contributed by atoms with van der Waals surface area (Å²) >= 11 is 1.79. The van der Waals surface area contributed by atoms with Gasteiger partial charge in [0.05, 0.1) is 0 Å². The van der Waals surface area contributed by atoms with E-state index < -0.39 is 0 Å². The van der Waals surface area contributed by atoms with Crippen molar-refractivity contribution in [1.29, 1.82) is 0 Å². The molecule has 0 fully saturated rings. The van der Waals surface area contributed by atoms with Crippen molar-refractivity contribution >= 4 is 11.3 Å². The van der Waals surface area contributed by atoms with Crippen molar-refractivity contribution in [1.82, 2.24) is 0 Å². The maximum absolute atomic E-state index is 6.06. The number of aryl methyl sites for hydroxylation is 1. The van der Waals surface area contributed by atoms with Crippen LogP contribution in [0.4, 0.5) is 0 Å². The Balaban J connectivity index is 2.92. The average Bonchev–Trinajstić information content (AvgIpc) is 2.36. The maximum Gasteiger partial charge on any atom is 0.0472 e. The van der Waals surface area contributed by atoms with Gasteiger partial charge in [-0.15, -0.1) is 11.3 Å². The third-order valence-corrected chi connectivity index (χ3v) is 3.32. The Labute approximate surface area is 72.2 Å². The van der Waals surface area contributed by atoms with Gasteiger partial charge in [-0.1, -0.05) is 6.92 Å². The SMILES string of the molecule is CCC(C)(N)c1ccc(C)s1. The van der Waals surface area contributed by atoms with Gasteiger partial charge in [0.2, 0.25) is 0 Å². The predicted molar refractivity (Wildman–Crippen MR) is 50.9 cm³/mol. The summed E-state index contributed by atoms with van der Waals surface area (Å²) in [7, 11) is 0. The molecule has 0 amide bonds. The second-order valence-corrected chi connectivity index (χ2v) is 4.47. The van der Waals surface area contributed by atoms with Crippen molar-refractivity contribution in [3.05, 3.63) is 21.9 Å². The molecule has 11 heavy (non-hydrogen) atoms. The van der Waals surface area contributed by atoms with E-state index in [1.54, 1.807) is 11.3 Å². The van der Waals surface area contributed by atoms with Gasteiger partial charge >= 0.3 is 0 Å². The molecule has 2 N–H and O–H groups in total. The van der Waals surface area contributed by atoms with Crippen LogP contribution in [0, 0.1) is 6.92 Å². The van der Waals surface area contributed by atoms with Gasteiger partial charge in [0, 0.05) is 15.3 Å². The molecular weight excluding hydrogens is 154 g/mol. The molecule has 0 saturated carbocycles. The van der Waals surface area contributed by atoms with E-state index in [0.717, 1.165) is 6.42 Å². The van der Waals surface area contributed by atoms with Gasteiger partial charge in [-0.3, -0.25) is 0 Å². The third kappa shape index (κ3) is 1.82. The molecule has 1 heterocycles. The Morgan fingerprint density at radius 3 is 2.55 bits per heavy atom. The van der Waals surface area contributed by atoms with Crippen LogP contribution in [0.2, 0.25) is 0 Å². The van der Waals surface area contributed by atoms with E-state index >= 15 is 0 Å². The molecule has 1 atom stereocenters. The number of nitrogens with two attached hydrogens (primary N) is 1. The highest BCUT2D eigenvalue weighted by Gasteiger charge is 2.19. The molecule has 0 spiro atoms. The first-order chi connectivity index (χ1) is 5.06. The molecule has 1 nitrogen and oxygen atoms in total. The highest BCUT2D eigenvalue weighted by molar-refractivity contribution is 7.12. The molecule has 0 aliphatic heterocycles. The summed E-state index contributed by atoms with van der Waals surface area (Å²) in [5, 5.41) is 0. The van der Waals surface area contributed by atoms with Crippen LogP contribution in [0.3, 0.4) is 0 Å². The average molecular weight is 169 g/mol. The van der Waals surface area contributed by atoms with Crippen LogP contribution in [0.15, 0.2) is 12.1 Å².